The van der Waals surface area contributed by atoms with Gasteiger partial charge in [0.25, 0.3) is 0 Å². The molecule has 0 N–H and O–H groups in total. The third-order valence-electron chi connectivity index (χ3n) is 8.23. The van der Waals surface area contributed by atoms with E-state index < -0.39 is 0 Å². The molecule has 0 radical (unpaired) electrons. The van der Waals surface area contributed by atoms with E-state index in [9.17, 15) is 0 Å². The standard InChI is InChI=1S/C35H60N4.2BrH/c1-5-9-18-32(7-3)30-36-34-20-26-38(27-21-34)24-16-14-12-11-13-15-17-25-39-28-22-35(23-29-39)37-31-33(8-4)19-10-6-2;;/h20-23,26-29,32-33H,5-19,24-25,30-31H2,1-4H3;2*1H. The van der Waals surface area contributed by atoms with Crippen LogP contribution in [0.1, 0.15) is 124 Å². The Morgan fingerprint density at radius 2 is 0.854 bits per heavy atom. The van der Waals surface area contributed by atoms with Crippen molar-refractivity contribution in [2.75, 3.05) is 13.1 Å². The molecule has 0 saturated carbocycles. The topological polar surface area (TPSA) is 34.6 Å². The number of hydrogen-bond acceptors (Lipinski definition) is 2. The Morgan fingerprint density at radius 1 is 0.512 bits per heavy atom. The molecule has 2 aromatic rings. The van der Waals surface area contributed by atoms with E-state index in [-0.39, 0.29) is 34.0 Å². The van der Waals surface area contributed by atoms with Crippen molar-refractivity contribution in [1.82, 2.24) is 9.13 Å². The lowest BCUT2D eigenvalue weighted by atomic mass is 10.00. The fraction of sp³-hybridized carbons (Fsp3) is 0.714. The molecule has 2 aromatic heterocycles. The summed E-state index contributed by atoms with van der Waals surface area (Å²) < 4.78 is 4.63. The molecule has 0 bridgehead atoms. The summed E-state index contributed by atoms with van der Waals surface area (Å²) >= 11 is 0. The molecular weight excluding hydrogens is 636 g/mol. The highest BCUT2D eigenvalue weighted by molar-refractivity contribution is 8.93. The molecule has 6 heteroatoms. The number of hydrogen-bond donors (Lipinski definition) is 0. The molecule has 0 spiro atoms. The largest absolute Gasteiger partial charge is 0.354 e. The van der Waals surface area contributed by atoms with Crippen molar-refractivity contribution >= 4 is 34.0 Å². The molecule has 0 aromatic carbocycles. The molecule has 236 valence electrons. The van der Waals surface area contributed by atoms with Crippen molar-refractivity contribution in [2.24, 2.45) is 21.8 Å². The summed E-state index contributed by atoms with van der Waals surface area (Å²) in [5.74, 6) is 1.48. The molecule has 0 aliphatic carbocycles. The van der Waals surface area contributed by atoms with E-state index in [1.807, 2.05) is 0 Å². The van der Waals surface area contributed by atoms with Crippen LogP contribution in [-0.4, -0.2) is 22.2 Å². The number of halogens is 2. The molecule has 0 aliphatic rings. The maximum absolute atomic E-state index is 4.84. The van der Waals surface area contributed by atoms with Gasteiger partial charge in [-0.2, -0.15) is 0 Å². The highest BCUT2D eigenvalue weighted by atomic mass is 79.9. The third-order valence-corrected chi connectivity index (χ3v) is 8.23. The summed E-state index contributed by atoms with van der Waals surface area (Å²) in [6, 6.07) is 8.74. The van der Waals surface area contributed by atoms with Crippen LogP contribution in [0.2, 0.25) is 0 Å². The molecule has 4 nitrogen and oxygen atoms in total. The van der Waals surface area contributed by atoms with E-state index in [0.29, 0.717) is 0 Å². The van der Waals surface area contributed by atoms with E-state index in [1.54, 1.807) is 0 Å². The minimum Gasteiger partial charge on any atom is -0.354 e. The zero-order valence-electron chi connectivity index (χ0n) is 26.8. The number of unbranched alkanes of at least 4 members (excludes halogenated alkanes) is 8. The number of aryl methyl sites for hydroxylation is 2. The van der Waals surface area contributed by atoms with Gasteiger partial charge in [-0.3, -0.25) is 9.98 Å². The molecule has 2 heterocycles. The molecule has 0 saturated heterocycles. The van der Waals surface area contributed by atoms with Crippen LogP contribution in [0.4, 0.5) is 0 Å². The van der Waals surface area contributed by atoms with Crippen LogP contribution in [0.5, 0.6) is 0 Å². The van der Waals surface area contributed by atoms with Gasteiger partial charge in [0, 0.05) is 51.0 Å². The molecule has 2 atom stereocenters. The average molecular weight is 699 g/mol. The Hall–Kier alpha value is -1.14. The molecular formula is C35H62Br2N4. The second-order valence-electron chi connectivity index (χ2n) is 11.6. The predicted octanol–water partition coefficient (Wildman–Crippen LogP) is 10.1. The van der Waals surface area contributed by atoms with Crippen molar-refractivity contribution in [3.63, 3.8) is 0 Å². The summed E-state index contributed by atoms with van der Waals surface area (Å²) in [6.45, 7) is 13.3. The van der Waals surface area contributed by atoms with Crippen LogP contribution in [0.15, 0.2) is 59.0 Å². The van der Waals surface area contributed by atoms with Crippen LogP contribution < -0.4 is 10.7 Å². The summed E-state index contributed by atoms with van der Waals surface area (Å²) in [6.07, 6.45) is 28.4. The van der Waals surface area contributed by atoms with Crippen molar-refractivity contribution in [3.8, 4) is 0 Å². The Bertz CT molecular complexity index is 878. The summed E-state index contributed by atoms with van der Waals surface area (Å²) in [4.78, 5) is 9.69. The quantitative estimate of drug-likeness (QED) is 0.110. The molecule has 0 amide bonds. The third kappa shape index (κ3) is 18.9. The highest BCUT2D eigenvalue weighted by Crippen LogP contribution is 2.13. The fourth-order valence-corrected chi connectivity index (χ4v) is 5.18. The first-order chi connectivity index (χ1) is 19.2. The minimum atomic E-state index is 0. The molecule has 2 rings (SSSR count). The lowest BCUT2D eigenvalue weighted by Crippen LogP contribution is -2.10. The van der Waals surface area contributed by atoms with Gasteiger partial charge in [0.1, 0.15) is 0 Å². The number of nitrogens with zero attached hydrogens (tertiary/aromatic N) is 4. The van der Waals surface area contributed by atoms with E-state index in [0.717, 1.165) is 48.7 Å². The van der Waals surface area contributed by atoms with Crippen molar-refractivity contribution in [1.29, 1.82) is 0 Å². The second kappa shape index (κ2) is 26.5. The van der Waals surface area contributed by atoms with Crippen LogP contribution in [-0.2, 0) is 13.1 Å². The maximum atomic E-state index is 4.84. The van der Waals surface area contributed by atoms with Gasteiger partial charge in [-0.05, 0) is 61.8 Å². The summed E-state index contributed by atoms with van der Waals surface area (Å²) in [7, 11) is 0. The average Bonchev–Trinajstić information content (AvgIpc) is 2.98. The molecule has 0 aliphatic heterocycles. The highest BCUT2D eigenvalue weighted by Gasteiger charge is 2.04. The molecule has 2 unspecified atom stereocenters. The van der Waals surface area contributed by atoms with Gasteiger partial charge in [0.05, 0.1) is 10.7 Å². The fourth-order valence-electron chi connectivity index (χ4n) is 5.18. The zero-order valence-corrected chi connectivity index (χ0v) is 30.2. The van der Waals surface area contributed by atoms with Crippen LogP contribution >= 0.6 is 34.0 Å². The monoisotopic (exact) mass is 696 g/mol. The first-order valence-electron chi connectivity index (χ1n) is 16.5. The number of aromatic nitrogens is 2. The van der Waals surface area contributed by atoms with E-state index in [1.165, 1.54) is 96.3 Å². The van der Waals surface area contributed by atoms with Gasteiger partial charge < -0.3 is 9.13 Å². The van der Waals surface area contributed by atoms with Gasteiger partial charge >= 0.3 is 0 Å². The zero-order chi connectivity index (χ0) is 28.0. The van der Waals surface area contributed by atoms with Crippen molar-refractivity contribution in [3.05, 3.63) is 59.8 Å². The van der Waals surface area contributed by atoms with Crippen molar-refractivity contribution in [2.45, 2.75) is 137 Å². The van der Waals surface area contributed by atoms with Gasteiger partial charge in [0.2, 0.25) is 0 Å². The maximum Gasteiger partial charge on any atom is 0.0603 e. The lowest BCUT2D eigenvalue weighted by molar-refractivity contribution is 0.459. The van der Waals surface area contributed by atoms with Gasteiger partial charge in [-0.1, -0.05) is 98.3 Å². The van der Waals surface area contributed by atoms with Crippen LogP contribution in [0.3, 0.4) is 0 Å². The Morgan fingerprint density at radius 3 is 1.17 bits per heavy atom. The van der Waals surface area contributed by atoms with E-state index in [4.69, 9.17) is 9.98 Å². The van der Waals surface area contributed by atoms with Gasteiger partial charge in [0.15, 0.2) is 0 Å². The van der Waals surface area contributed by atoms with E-state index in [2.05, 4.69) is 85.9 Å². The van der Waals surface area contributed by atoms with Crippen LogP contribution in [0.25, 0.3) is 0 Å². The first kappa shape index (κ1) is 39.9. The molecule has 41 heavy (non-hydrogen) atoms. The predicted molar refractivity (Wildman–Crippen MR) is 189 cm³/mol. The van der Waals surface area contributed by atoms with E-state index >= 15 is 0 Å². The molecule has 0 fully saturated rings. The normalized spacial score (nSPS) is 12.2. The summed E-state index contributed by atoms with van der Waals surface area (Å²) in [5, 5.41) is 2.27. The first-order valence-corrected chi connectivity index (χ1v) is 16.5. The number of pyridine rings is 2. The van der Waals surface area contributed by atoms with Crippen molar-refractivity contribution < 1.29 is 0 Å². The summed E-state index contributed by atoms with van der Waals surface area (Å²) in [5.41, 5.74) is 0. The Balaban J connectivity index is 0.00000800. The van der Waals surface area contributed by atoms with Crippen LogP contribution in [0, 0.1) is 11.8 Å². The SMILES string of the molecule is Br.Br.CCCCC(CC)CN=c1ccn(CCCCCCCCCn2ccc(=NCC(CC)CCCC)cc2)cc1. The second-order valence-corrected chi connectivity index (χ2v) is 11.6. The van der Waals surface area contributed by atoms with Gasteiger partial charge in [-0.25, -0.2) is 0 Å². The minimum absolute atomic E-state index is 0. The smallest absolute Gasteiger partial charge is 0.0603 e. The van der Waals surface area contributed by atoms with Gasteiger partial charge in [-0.15, -0.1) is 34.0 Å². The lowest BCUT2D eigenvalue weighted by Gasteiger charge is -2.11. The Kier molecular flexibility index (Phi) is 25.7. The Labute approximate surface area is 273 Å². The number of rotatable bonds is 22.